The van der Waals surface area contributed by atoms with Crippen molar-refractivity contribution in [3.05, 3.63) is 83.6 Å². The number of imidazole rings is 1. The third-order valence-corrected chi connectivity index (χ3v) is 5.50. The number of fused-ring (bicyclic) bond motifs is 2. The van der Waals surface area contributed by atoms with Gasteiger partial charge >= 0.3 is 0 Å². The minimum atomic E-state index is 0.793. The third kappa shape index (κ3) is 3.13. The molecule has 2 aromatic carbocycles. The molecule has 0 radical (unpaired) electrons. The quantitative estimate of drug-likeness (QED) is 0.547. The van der Waals surface area contributed by atoms with Crippen molar-refractivity contribution in [3.8, 4) is 0 Å². The molecule has 28 heavy (non-hydrogen) atoms. The molecule has 0 unspecified atom stereocenters. The second-order valence-corrected chi connectivity index (χ2v) is 7.36. The van der Waals surface area contributed by atoms with Gasteiger partial charge in [-0.2, -0.15) is 0 Å². The van der Waals surface area contributed by atoms with Gasteiger partial charge in [-0.1, -0.05) is 42.5 Å². The molecule has 0 spiro atoms. The van der Waals surface area contributed by atoms with Crippen molar-refractivity contribution in [1.82, 2.24) is 19.5 Å². The Bertz CT molecular complexity index is 1120. The Morgan fingerprint density at radius 1 is 0.929 bits per heavy atom. The second kappa shape index (κ2) is 7.08. The highest BCUT2D eigenvalue weighted by molar-refractivity contribution is 5.76. The molecule has 5 nitrogen and oxygen atoms in total. The van der Waals surface area contributed by atoms with Crippen molar-refractivity contribution < 1.29 is 0 Å². The van der Waals surface area contributed by atoms with Gasteiger partial charge in [0.25, 0.3) is 0 Å². The van der Waals surface area contributed by atoms with E-state index < -0.39 is 0 Å². The van der Waals surface area contributed by atoms with Crippen LogP contribution < -0.4 is 4.90 Å². The molecular formula is C23H23N5. The lowest BCUT2D eigenvalue weighted by molar-refractivity contribution is 0.621. The molecule has 0 atom stereocenters. The zero-order valence-corrected chi connectivity index (χ0v) is 16.0. The molecule has 0 fully saturated rings. The summed E-state index contributed by atoms with van der Waals surface area (Å²) >= 11 is 0. The summed E-state index contributed by atoms with van der Waals surface area (Å²) in [6.45, 7) is 4.75. The lowest BCUT2D eigenvalue weighted by Crippen LogP contribution is -2.32. The largest absolute Gasteiger partial charge is 0.349 e. The van der Waals surface area contributed by atoms with E-state index in [1.165, 1.54) is 11.3 Å². The molecular weight excluding hydrogens is 346 g/mol. The lowest BCUT2D eigenvalue weighted by Gasteiger charge is -2.29. The van der Waals surface area contributed by atoms with Crippen LogP contribution in [0.1, 0.15) is 22.6 Å². The first kappa shape index (κ1) is 16.9. The van der Waals surface area contributed by atoms with Crippen LogP contribution in [0.4, 0.5) is 5.82 Å². The first-order valence-electron chi connectivity index (χ1n) is 9.83. The Morgan fingerprint density at radius 3 is 2.50 bits per heavy atom. The van der Waals surface area contributed by atoms with Crippen LogP contribution in [-0.2, 0) is 25.9 Å². The van der Waals surface area contributed by atoms with Crippen LogP contribution in [0.25, 0.3) is 11.0 Å². The van der Waals surface area contributed by atoms with Crippen LogP contribution in [0.2, 0.25) is 0 Å². The van der Waals surface area contributed by atoms with Crippen LogP contribution in [0, 0.1) is 6.92 Å². The van der Waals surface area contributed by atoms with Crippen LogP contribution in [0.5, 0.6) is 0 Å². The van der Waals surface area contributed by atoms with Gasteiger partial charge in [0, 0.05) is 25.2 Å². The number of aryl methyl sites for hydroxylation is 3. The van der Waals surface area contributed by atoms with Crippen molar-refractivity contribution >= 4 is 16.9 Å². The number of hydrogen-bond donors (Lipinski definition) is 0. The number of aromatic nitrogens is 4. The molecule has 0 amide bonds. The topological polar surface area (TPSA) is 46.8 Å². The van der Waals surface area contributed by atoms with E-state index in [1.54, 1.807) is 0 Å². The normalized spacial score (nSPS) is 13.7. The van der Waals surface area contributed by atoms with Gasteiger partial charge in [-0.25, -0.2) is 15.0 Å². The Morgan fingerprint density at radius 2 is 1.68 bits per heavy atom. The van der Waals surface area contributed by atoms with E-state index in [1.807, 2.05) is 37.5 Å². The molecule has 5 rings (SSSR count). The summed E-state index contributed by atoms with van der Waals surface area (Å²) in [7, 11) is 0. The predicted molar refractivity (Wildman–Crippen MR) is 111 cm³/mol. The van der Waals surface area contributed by atoms with Crippen molar-refractivity contribution in [2.45, 2.75) is 32.9 Å². The minimum absolute atomic E-state index is 0.793. The first-order valence-corrected chi connectivity index (χ1v) is 9.83. The Balaban J connectivity index is 1.36. The number of hydrogen-bond acceptors (Lipinski definition) is 4. The number of anilines is 1. The molecule has 1 aliphatic rings. The van der Waals surface area contributed by atoms with Gasteiger partial charge in [0.1, 0.15) is 0 Å². The summed E-state index contributed by atoms with van der Waals surface area (Å²) in [5, 5.41) is 0. The number of para-hydroxylation sites is 2. The molecule has 5 heteroatoms. The highest BCUT2D eigenvalue weighted by Crippen LogP contribution is 2.26. The predicted octanol–water partition coefficient (Wildman–Crippen LogP) is 3.94. The maximum absolute atomic E-state index is 4.88. The Labute approximate surface area is 164 Å². The first-order chi connectivity index (χ1) is 13.8. The van der Waals surface area contributed by atoms with E-state index in [0.29, 0.717) is 0 Å². The smallest absolute Gasteiger partial charge is 0.151 e. The summed E-state index contributed by atoms with van der Waals surface area (Å²) < 4.78 is 2.32. The lowest BCUT2D eigenvalue weighted by atomic mass is 10.1. The van der Waals surface area contributed by atoms with E-state index >= 15 is 0 Å². The van der Waals surface area contributed by atoms with E-state index in [0.717, 1.165) is 60.7 Å². The average Bonchev–Trinajstić information content (AvgIpc) is 3.15. The molecule has 0 saturated carbocycles. The SMILES string of the molecule is Cc1nc2ccccc2nc1N1CCc2c(ncn2CCc2ccccc2)C1. The van der Waals surface area contributed by atoms with Gasteiger partial charge in [-0.3, -0.25) is 0 Å². The second-order valence-electron chi connectivity index (χ2n) is 7.36. The van der Waals surface area contributed by atoms with Gasteiger partial charge in [0.2, 0.25) is 0 Å². The molecule has 0 aliphatic carbocycles. The molecule has 0 bridgehead atoms. The molecule has 4 aromatic rings. The summed E-state index contributed by atoms with van der Waals surface area (Å²) in [5.41, 5.74) is 6.76. The van der Waals surface area contributed by atoms with Gasteiger partial charge in [-0.05, 0) is 31.0 Å². The number of nitrogens with zero attached hydrogens (tertiary/aromatic N) is 5. The standard InChI is InChI=1S/C23H23N5/c1-17-23(26-20-10-6-5-9-19(20)25-17)27-14-12-22-21(15-27)24-16-28(22)13-11-18-7-3-2-4-8-18/h2-10,16H,11-15H2,1H3. The van der Waals surface area contributed by atoms with Gasteiger partial charge in [0.15, 0.2) is 5.82 Å². The summed E-state index contributed by atoms with van der Waals surface area (Å²) in [4.78, 5) is 16.6. The highest BCUT2D eigenvalue weighted by Gasteiger charge is 2.23. The van der Waals surface area contributed by atoms with Crippen LogP contribution in [0.3, 0.4) is 0 Å². The van der Waals surface area contributed by atoms with E-state index in [4.69, 9.17) is 15.0 Å². The monoisotopic (exact) mass is 369 g/mol. The summed E-state index contributed by atoms with van der Waals surface area (Å²) in [6, 6.07) is 18.7. The average molecular weight is 369 g/mol. The highest BCUT2D eigenvalue weighted by atomic mass is 15.2. The van der Waals surface area contributed by atoms with Gasteiger partial charge in [-0.15, -0.1) is 0 Å². The Hall–Kier alpha value is -3.21. The molecule has 140 valence electrons. The molecule has 0 N–H and O–H groups in total. The van der Waals surface area contributed by atoms with E-state index in [9.17, 15) is 0 Å². The molecule has 0 saturated heterocycles. The number of benzene rings is 2. The molecule has 1 aliphatic heterocycles. The number of rotatable bonds is 4. The van der Waals surface area contributed by atoms with Crippen LogP contribution in [0.15, 0.2) is 60.9 Å². The van der Waals surface area contributed by atoms with E-state index in [2.05, 4.69) is 39.8 Å². The van der Waals surface area contributed by atoms with Crippen molar-refractivity contribution in [3.63, 3.8) is 0 Å². The van der Waals surface area contributed by atoms with Crippen LogP contribution >= 0.6 is 0 Å². The van der Waals surface area contributed by atoms with Crippen molar-refractivity contribution in [1.29, 1.82) is 0 Å². The zero-order chi connectivity index (χ0) is 18.9. The van der Waals surface area contributed by atoms with Gasteiger partial charge < -0.3 is 9.47 Å². The fourth-order valence-corrected chi connectivity index (χ4v) is 4.02. The van der Waals surface area contributed by atoms with E-state index in [-0.39, 0.29) is 0 Å². The minimum Gasteiger partial charge on any atom is -0.349 e. The third-order valence-electron chi connectivity index (χ3n) is 5.50. The van der Waals surface area contributed by atoms with Crippen molar-refractivity contribution in [2.75, 3.05) is 11.4 Å². The molecule has 3 heterocycles. The fourth-order valence-electron chi connectivity index (χ4n) is 4.02. The maximum atomic E-state index is 4.88. The Kier molecular flexibility index (Phi) is 4.28. The maximum Gasteiger partial charge on any atom is 0.151 e. The summed E-state index contributed by atoms with van der Waals surface area (Å²) in [5.74, 6) is 0.975. The van der Waals surface area contributed by atoms with Gasteiger partial charge in [0.05, 0.1) is 35.3 Å². The zero-order valence-electron chi connectivity index (χ0n) is 16.0. The summed E-state index contributed by atoms with van der Waals surface area (Å²) in [6.07, 6.45) is 4.01. The van der Waals surface area contributed by atoms with Crippen LogP contribution in [-0.4, -0.2) is 26.1 Å². The fraction of sp³-hybridized carbons (Fsp3) is 0.261. The van der Waals surface area contributed by atoms with Crippen molar-refractivity contribution in [2.24, 2.45) is 0 Å². The molecule has 2 aromatic heterocycles.